The third-order valence-electron chi connectivity index (χ3n) is 2.42. The predicted octanol–water partition coefficient (Wildman–Crippen LogP) is 2.49. The fourth-order valence-corrected chi connectivity index (χ4v) is 1.55. The van der Waals surface area contributed by atoms with Gasteiger partial charge in [0, 0.05) is 19.8 Å². The van der Waals surface area contributed by atoms with E-state index in [1.165, 1.54) is 38.2 Å². The Morgan fingerprint density at radius 1 is 1.33 bits per heavy atom. The van der Waals surface area contributed by atoms with Gasteiger partial charge in [0.1, 0.15) is 0 Å². The Bertz CT molecular complexity index is 441. The molecule has 1 rings (SSSR count). The van der Waals surface area contributed by atoms with Gasteiger partial charge < -0.3 is 9.64 Å². The van der Waals surface area contributed by atoms with Crippen LogP contribution in [0, 0.1) is 0 Å². The number of methoxy groups -OCH3 is 1. The van der Waals surface area contributed by atoms with Gasteiger partial charge in [-0.15, -0.1) is 0 Å². The molecule has 100 valence electrons. The first-order valence-corrected chi connectivity index (χ1v) is 5.20. The van der Waals surface area contributed by atoms with E-state index in [1.807, 2.05) is 0 Å². The van der Waals surface area contributed by atoms with Gasteiger partial charge in [-0.25, -0.2) is 0 Å². The second-order valence-corrected chi connectivity index (χ2v) is 4.00. The third kappa shape index (κ3) is 3.38. The highest BCUT2D eigenvalue weighted by molar-refractivity contribution is 5.73. The van der Waals surface area contributed by atoms with Crippen molar-refractivity contribution in [3.63, 3.8) is 0 Å². The van der Waals surface area contributed by atoms with E-state index in [4.69, 9.17) is 0 Å². The average molecular weight is 261 g/mol. The van der Waals surface area contributed by atoms with Crippen LogP contribution >= 0.6 is 0 Å². The van der Waals surface area contributed by atoms with Crippen molar-refractivity contribution >= 4 is 11.7 Å². The van der Waals surface area contributed by atoms with Crippen LogP contribution in [-0.4, -0.2) is 27.2 Å². The van der Waals surface area contributed by atoms with Gasteiger partial charge in [0.25, 0.3) is 0 Å². The van der Waals surface area contributed by atoms with E-state index in [9.17, 15) is 18.0 Å². The van der Waals surface area contributed by atoms with Gasteiger partial charge in [-0.3, -0.25) is 4.79 Å². The van der Waals surface area contributed by atoms with E-state index in [-0.39, 0.29) is 17.7 Å². The molecule has 0 N–H and O–H groups in total. The number of esters is 1. The van der Waals surface area contributed by atoms with Crippen LogP contribution in [0.25, 0.3) is 0 Å². The minimum atomic E-state index is -4.45. The monoisotopic (exact) mass is 261 g/mol. The van der Waals surface area contributed by atoms with Crippen molar-refractivity contribution in [2.75, 3.05) is 26.1 Å². The first-order valence-electron chi connectivity index (χ1n) is 5.20. The maximum atomic E-state index is 12.9. The molecule has 0 aliphatic rings. The molecule has 0 spiro atoms. The molecule has 0 fully saturated rings. The van der Waals surface area contributed by atoms with Gasteiger partial charge in [0.05, 0.1) is 19.1 Å². The van der Waals surface area contributed by atoms with Gasteiger partial charge in [-0.1, -0.05) is 6.07 Å². The molecule has 6 heteroatoms. The SMILES string of the molecule is COC(=O)Cc1ccc(N(C)C)c(C(F)(F)F)c1. The molecule has 3 nitrogen and oxygen atoms in total. The quantitative estimate of drug-likeness (QED) is 0.783. The summed E-state index contributed by atoms with van der Waals surface area (Å²) in [6, 6.07) is 3.81. The fraction of sp³-hybridized carbons (Fsp3) is 0.417. The Balaban J connectivity index is 3.18. The van der Waals surface area contributed by atoms with Gasteiger partial charge in [-0.2, -0.15) is 13.2 Å². The zero-order valence-electron chi connectivity index (χ0n) is 10.3. The van der Waals surface area contributed by atoms with Gasteiger partial charge in [0.2, 0.25) is 0 Å². The Kier molecular flexibility index (Phi) is 4.21. The number of carbonyl (C=O) groups is 1. The zero-order valence-corrected chi connectivity index (χ0v) is 10.3. The molecule has 0 atom stereocenters. The average Bonchev–Trinajstić information content (AvgIpc) is 2.27. The Morgan fingerprint density at radius 3 is 2.39 bits per heavy atom. The number of alkyl halides is 3. The number of carbonyl (C=O) groups excluding carboxylic acids is 1. The summed E-state index contributed by atoms with van der Waals surface area (Å²) in [6.45, 7) is 0. The Hall–Kier alpha value is -1.72. The summed E-state index contributed by atoms with van der Waals surface area (Å²) < 4.78 is 43.0. The van der Waals surface area contributed by atoms with Crippen molar-refractivity contribution < 1.29 is 22.7 Å². The van der Waals surface area contributed by atoms with Gasteiger partial charge in [-0.05, 0) is 17.7 Å². The second kappa shape index (κ2) is 5.29. The largest absolute Gasteiger partial charge is 0.469 e. The summed E-state index contributed by atoms with van der Waals surface area (Å²) in [5.41, 5.74) is -0.412. The lowest BCUT2D eigenvalue weighted by Gasteiger charge is -2.20. The summed E-state index contributed by atoms with van der Waals surface area (Å²) in [5.74, 6) is -0.569. The number of hydrogen-bond donors (Lipinski definition) is 0. The number of anilines is 1. The zero-order chi connectivity index (χ0) is 13.9. The summed E-state index contributed by atoms with van der Waals surface area (Å²) in [6.07, 6.45) is -4.63. The molecule has 0 bridgehead atoms. The van der Waals surface area contributed by atoms with Gasteiger partial charge in [0.15, 0.2) is 0 Å². The number of rotatable bonds is 3. The van der Waals surface area contributed by atoms with Crippen molar-refractivity contribution in [1.82, 2.24) is 0 Å². The first kappa shape index (κ1) is 14.3. The van der Waals surface area contributed by atoms with Crippen LogP contribution in [0.4, 0.5) is 18.9 Å². The molecule has 18 heavy (non-hydrogen) atoms. The van der Waals surface area contributed by atoms with E-state index >= 15 is 0 Å². The maximum Gasteiger partial charge on any atom is 0.418 e. The molecule has 0 amide bonds. The Morgan fingerprint density at radius 2 is 1.94 bits per heavy atom. The lowest BCUT2D eigenvalue weighted by atomic mass is 10.1. The Labute approximate surface area is 103 Å². The molecule has 0 heterocycles. The van der Waals surface area contributed by atoms with Gasteiger partial charge >= 0.3 is 12.1 Å². The van der Waals surface area contributed by atoms with E-state index in [0.29, 0.717) is 0 Å². The number of halogens is 3. The van der Waals surface area contributed by atoms with Crippen molar-refractivity contribution in [2.24, 2.45) is 0 Å². The smallest absolute Gasteiger partial charge is 0.418 e. The van der Waals surface area contributed by atoms with E-state index in [0.717, 1.165) is 6.07 Å². The highest BCUT2D eigenvalue weighted by atomic mass is 19.4. The van der Waals surface area contributed by atoms with Crippen LogP contribution in [0.5, 0.6) is 0 Å². The molecule has 0 unspecified atom stereocenters. The lowest BCUT2D eigenvalue weighted by Crippen LogP contribution is -2.17. The lowest BCUT2D eigenvalue weighted by molar-refractivity contribution is -0.140. The van der Waals surface area contributed by atoms with Crippen molar-refractivity contribution in [3.8, 4) is 0 Å². The van der Waals surface area contributed by atoms with Crippen LogP contribution in [0.15, 0.2) is 18.2 Å². The van der Waals surface area contributed by atoms with Crippen LogP contribution in [0.1, 0.15) is 11.1 Å². The molecular weight excluding hydrogens is 247 g/mol. The summed E-state index contributed by atoms with van der Waals surface area (Å²) in [4.78, 5) is 12.4. The minimum absolute atomic E-state index is 0.0658. The molecule has 0 aliphatic heterocycles. The summed E-state index contributed by atoms with van der Waals surface area (Å²) in [7, 11) is 4.26. The van der Waals surface area contributed by atoms with Crippen molar-refractivity contribution in [1.29, 1.82) is 0 Å². The van der Waals surface area contributed by atoms with Crippen molar-refractivity contribution in [3.05, 3.63) is 29.3 Å². The maximum absolute atomic E-state index is 12.9. The molecule has 0 saturated heterocycles. The van der Waals surface area contributed by atoms with E-state index in [2.05, 4.69) is 4.74 Å². The first-order chi connectivity index (χ1) is 8.25. The van der Waals surface area contributed by atoms with E-state index in [1.54, 1.807) is 0 Å². The highest BCUT2D eigenvalue weighted by Crippen LogP contribution is 2.36. The molecular formula is C12H14F3NO2. The summed E-state index contributed by atoms with van der Waals surface area (Å²) >= 11 is 0. The van der Waals surface area contributed by atoms with Crippen LogP contribution in [0.3, 0.4) is 0 Å². The predicted molar refractivity (Wildman–Crippen MR) is 61.5 cm³/mol. The van der Waals surface area contributed by atoms with Crippen LogP contribution in [0.2, 0.25) is 0 Å². The molecule has 0 aliphatic carbocycles. The van der Waals surface area contributed by atoms with Crippen molar-refractivity contribution in [2.45, 2.75) is 12.6 Å². The molecule has 0 aromatic heterocycles. The number of benzene rings is 1. The number of ether oxygens (including phenoxy) is 1. The molecule has 1 aromatic carbocycles. The normalized spacial score (nSPS) is 11.2. The summed E-state index contributed by atoms with van der Waals surface area (Å²) in [5, 5.41) is 0. The standard InChI is InChI=1S/C12H14F3NO2/c1-16(2)10-5-4-8(7-11(17)18-3)6-9(10)12(13,14)15/h4-6H,7H2,1-3H3. The second-order valence-electron chi connectivity index (χ2n) is 4.00. The van der Waals surface area contributed by atoms with Crippen LogP contribution in [-0.2, 0) is 22.1 Å². The number of nitrogens with zero attached hydrogens (tertiary/aromatic N) is 1. The number of hydrogen-bond acceptors (Lipinski definition) is 3. The fourth-order valence-electron chi connectivity index (χ4n) is 1.55. The molecule has 0 radical (unpaired) electrons. The molecule has 0 saturated carbocycles. The van der Waals surface area contributed by atoms with Crippen LogP contribution < -0.4 is 4.90 Å². The molecule has 1 aromatic rings. The topological polar surface area (TPSA) is 29.5 Å². The third-order valence-corrected chi connectivity index (χ3v) is 2.42. The highest BCUT2D eigenvalue weighted by Gasteiger charge is 2.34. The van der Waals surface area contributed by atoms with E-state index < -0.39 is 17.7 Å². The minimum Gasteiger partial charge on any atom is -0.469 e.